The van der Waals surface area contributed by atoms with E-state index in [4.69, 9.17) is 5.73 Å². The molecule has 0 aliphatic heterocycles. The summed E-state index contributed by atoms with van der Waals surface area (Å²) in [6.45, 7) is 8.10. The van der Waals surface area contributed by atoms with Crippen LogP contribution in [0.25, 0.3) is 0 Å². The molecule has 0 saturated heterocycles. The van der Waals surface area contributed by atoms with Gasteiger partial charge in [0.1, 0.15) is 0 Å². The van der Waals surface area contributed by atoms with Gasteiger partial charge in [0, 0.05) is 11.5 Å². The Balaban J connectivity index is 2.17. The first kappa shape index (κ1) is 12.5. The molecule has 0 aromatic carbocycles. The highest BCUT2D eigenvalue weighted by molar-refractivity contribution is 5.80. The van der Waals surface area contributed by atoms with E-state index in [0.717, 1.165) is 12.8 Å². The van der Waals surface area contributed by atoms with Gasteiger partial charge in [-0.2, -0.15) is 0 Å². The summed E-state index contributed by atoms with van der Waals surface area (Å²) in [5.74, 6) is 1.77. The van der Waals surface area contributed by atoms with E-state index in [-0.39, 0.29) is 11.3 Å². The Morgan fingerprint density at radius 3 is 2.76 bits per heavy atom. The zero-order valence-corrected chi connectivity index (χ0v) is 10.9. The summed E-state index contributed by atoms with van der Waals surface area (Å²) < 4.78 is 0. The molecular formula is C14H24N2O. The van der Waals surface area contributed by atoms with Gasteiger partial charge < -0.3 is 11.1 Å². The van der Waals surface area contributed by atoms with E-state index in [1.165, 1.54) is 12.8 Å². The van der Waals surface area contributed by atoms with Crippen molar-refractivity contribution >= 4 is 5.91 Å². The van der Waals surface area contributed by atoms with Gasteiger partial charge in [-0.05, 0) is 49.6 Å². The molecule has 3 N–H and O–H groups in total. The van der Waals surface area contributed by atoms with Crippen LogP contribution in [0.4, 0.5) is 0 Å². The average Bonchev–Trinajstić information content (AvgIpc) is 2.23. The smallest absolute Gasteiger partial charge is 0.223 e. The normalized spacial score (nSPS) is 45.1. The van der Waals surface area contributed by atoms with Crippen molar-refractivity contribution in [2.24, 2.45) is 28.9 Å². The van der Waals surface area contributed by atoms with Crippen LogP contribution in [0.3, 0.4) is 0 Å². The van der Waals surface area contributed by atoms with E-state index < -0.39 is 0 Å². The molecule has 0 spiro atoms. The average molecular weight is 236 g/mol. The van der Waals surface area contributed by atoms with E-state index in [9.17, 15) is 4.79 Å². The Morgan fingerprint density at radius 1 is 1.47 bits per heavy atom. The van der Waals surface area contributed by atoms with Gasteiger partial charge in [-0.1, -0.05) is 20.4 Å². The zero-order valence-electron chi connectivity index (χ0n) is 10.9. The highest BCUT2D eigenvalue weighted by Crippen LogP contribution is 2.50. The lowest BCUT2D eigenvalue weighted by Gasteiger charge is -2.50. The van der Waals surface area contributed by atoms with Crippen LogP contribution in [0.1, 0.15) is 39.5 Å². The van der Waals surface area contributed by atoms with Crippen LogP contribution in [0.2, 0.25) is 0 Å². The summed E-state index contributed by atoms with van der Waals surface area (Å²) in [7, 11) is 0. The van der Waals surface area contributed by atoms with Crippen LogP contribution >= 0.6 is 0 Å². The SMILES string of the molecule is C=CNC1C(C)CC2CC1CC(C)(C(N)=O)C2. The van der Waals surface area contributed by atoms with Gasteiger partial charge in [0.25, 0.3) is 0 Å². The van der Waals surface area contributed by atoms with Gasteiger partial charge in [-0.25, -0.2) is 0 Å². The highest BCUT2D eigenvalue weighted by atomic mass is 16.1. The van der Waals surface area contributed by atoms with Crippen molar-refractivity contribution in [2.75, 3.05) is 0 Å². The van der Waals surface area contributed by atoms with Gasteiger partial charge >= 0.3 is 0 Å². The summed E-state index contributed by atoms with van der Waals surface area (Å²) in [6, 6.07) is 0.461. The molecule has 5 atom stereocenters. The molecule has 2 bridgehead atoms. The number of nitrogens with one attached hydrogen (secondary N) is 1. The predicted molar refractivity (Wildman–Crippen MR) is 69.0 cm³/mol. The summed E-state index contributed by atoms with van der Waals surface area (Å²) in [6.07, 6.45) is 6.12. The number of hydrogen-bond donors (Lipinski definition) is 2. The van der Waals surface area contributed by atoms with Gasteiger partial charge in [0.05, 0.1) is 0 Å². The molecule has 2 aliphatic rings. The molecule has 3 heteroatoms. The first-order valence-corrected chi connectivity index (χ1v) is 6.63. The molecule has 0 aromatic heterocycles. The number of fused-ring (bicyclic) bond motifs is 2. The Bertz CT molecular complexity index is 326. The number of amides is 1. The number of hydrogen-bond acceptors (Lipinski definition) is 2. The van der Waals surface area contributed by atoms with E-state index >= 15 is 0 Å². The fraction of sp³-hybridized carbons (Fsp3) is 0.786. The standard InChI is InChI=1S/C14H24N2O/c1-4-16-12-9(2)5-10-6-11(12)8-14(3,7-10)13(15)17/h4,9-12,16H,1,5-8H2,2-3H3,(H2,15,17). The lowest BCUT2D eigenvalue weighted by Crippen LogP contribution is -2.52. The molecule has 96 valence electrons. The second kappa shape index (κ2) is 4.35. The lowest BCUT2D eigenvalue weighted by atomic mass is 9.57. The Kier molecular flexibility index (Phi) is 3.19. The molecule has 2 aliphatic carbocycles. The molecule has 3 nitrogen and oxygen atoms in total. The van der Waals surface area contributed by atoms with E-state index in [1.807, 2.05) is 6.92 Å². The van der Waals surface area contributed by atoms with Crippen molar-refractivity contribution < 1.29 is 4.79 Å². The third-order valence-electron chi connectivity index (χ3n) is 4.82. The van der Waals surface area contributed by atoms with Crippen LogP contribution in [-0.4, -0.2) is 11.9 Å². The Morgan fingerprint density at radius 2 is 2.18 bits per heavy atom. The maximum atomic E-state index is 11.6. The third-order valence-corrected chi connectivity index (χ3v) is 4.82. The molecule has 5 unspecified atom stereocenters. The Hall–Kier alpha value is -0.990. The molecule has 0 heterocycles. The lowest BCUT2D eigenvalue weighted by molar-refractivity contribution is -0.132. The van der Waals surface area contributed by atoms with Crippen molar-refractivity contribution in [3.63, 3.8) is 0 Å². The third kappa shape index (κ3) is 2.20. The minimum Gasteiger partial charge on any atom is -0.388 e. The largest absolute Gasteiger partial charge is 0.388 e. The Labute approximate surface area is 104 Å². The topological polar surface area (TPSA) is 55.1 Å². The molecule has 17 heavy (non-hydrogen) atoms. The predicted octanol–water partition coefficient (Wildman–Crippen LogP) is 2.04. The molecule has 2 saturated carbocycles. The molecular weight excluding hydrogens is 212 g/mol. The second-order valence-electron chi connectivity index (χ2n) is 6.30. The van der Waals surface area contributed by atoms with Gasteiger partial charge in [-0.3, -0.25) is 4.79 Å². The first-order chi connectivity index (χ1) is 7.96. The monoisotopic (exact) mass is 236 g/mol. The highest BCUT2D eigenvalue weighted by Gasteiger charge is 2.47. The number of carbonyl (C=O) groups is 1. The van der Waals surface area contributed by atoms with Crippen LogP contribution in [-0.2, 0) is 4.79 Å². The second-order valence-corrected chi connectivity index (χ2v) is 6.30. The maximum Gasteiger partial charge on any atom is 0.223 e. The summed E-state index contributed by atoms with van der Waals surface area (Å²) in [5, 5.41) is 3.38. The fourth-order valence-corrected chi connectivity index (χ4v) is 4.12. The van der Waals surface area contributed by atoms with Crippen molar-refractivity contribution in [2.45, 2.75) is 45.6 Å². The fourth-order valence-electron chi connectivity index (χ4n) is 4.12. The van der Waals surface area contributed by atoms with Crippen molar-refractivity contribution in [3.05, 3.63) is 12.8 Å². The summed E-state index contributed by atoms with van der Waals surface area (Å²) in [5.41, 5.74) is 5.28. The number of primary amides is 1. The van der Waals surface area contributed by atoms with E-state index in [1.54, 1.807) is 6.20 Å². The van der Waals surface area contributed by atoms with E-state index in [0.29, 0.717) is 23.8 Å². The zero-order chi connectivity index (χ0) is 12.6. The first-order valence-electron chi connectivity index (χ1n) is 6.63. The number of rotatable bonds is 3. The van der Waals surface area contributed by atoms with Gasteiger partial charge in [-0.15, -0.1) is 0 Å². The quantitative estimate of drug-likeness (QED) is 0.788. The van der Waals surface area contributed by atoms with Crippen molar-refractivity contribution in [3.8, 4) is 0 Å². The van der Waals surface area contributed by atoms with Crippen LogP contribution < -0.4 is 11.1 Å². The minimum atomic E-state index is -0.297. The van der Waals surface area contributed by atoms with Crippen LogP contribution in [0.5, 0.6) is 0 Å². The van der Waals surface area contributed by atoms with Gasteiger partial charge in [0.15, 0.2) is 0 Å². The van der Waals surface area contributed by atoms with Crippen molar-refractivity contribution in [1.29, 1.82) is 0 Å². The summed E-state index contributed by atoms with van der Waals surface area (Å²) >= 11 is 0. The van der Waals surface area contributed by atoms with E-state index in [2.05, 4.69) is 18.8 Å². The molecule has 2 fully saturated rings. The van der Waals surface area contributed by atoms with Crippen LogP contribution in [0, 0.1) is 23.2 Å². The summed E-state index contributed by atoms with van der Waals surface area (Å²) in [4.78, 5) is 11.6. The number of nitrogens with two attached hydrogens (primary N) is 1. The maximum absolute atomic E-state index is 11.6. The van der Waals surface area contributed by atoms with Crippen LogP contribution in [0.15, 0.2) is 12.8 Å². The van der Waals surface area contributed by atoms with Gasteiger partial charge in [0.2, 0.25) is 5.91 Å². The minimum absolute atomic E-state index is 0.126. The molecule has 2 rings (SSSR count). The number of carbonyl (C=O) groups excluding carboxylic acids is 1. The van der Waals surface area contributed by atoms with Crippen molar-refractivity contribution in [1.82, 2.24) is 5.32 Å². The molecule has 0 aromatic rings. The molecule has 1 amide bonds. The molecule has 0 radical (unpaired) electrons.